The first-order valence-corrected chi connectivity index (χ1v) is 6.00. The minimum absolute atomic E-state index is 0.242. The van der Waals surface area contributed by atoms with Gasteiger partial charge in [0.25, 0.3) is 0 Å². The summed E-state index contributed by atoms with van der Waals surface area (Å²) in [6.45, 7) is 2.75. The van der Waals surface area contributed by atoms with Gasteiger partial charge < -0.3 is 4.90 Å². The molecule has 0 spiro atoms. The van der Waals surface area contributed by atoms with Crippen LogP contribution in [0.2, 0.25) is 0 Å². The molecule has 0 amide bonds. The molecule has 0 bridgehead atoms. The van der Waals surface area contributed by atoms with Crippen molar-refractivity contribution >= 4 is 21.7 Å². The van der Waals surface area contributed by atoms with Crippen molar-refractivity contribution in [1.82, 2.24) is 9.97 Å². The van der Waals surface area contributed by atoms with Crippen molar-refractivity contribution in [3.63, 3.8) is 0 Å². The number of rotatable bonds is 4. The smallest absolute Gasteiger partial charge is 0.348 e. The Morgan fingerprint density at radius 2 is 1.94 bits per heavy atom. The zero-order valence-corrected chi connectivity index (χ0v) is 11.1. The van der Waals surface area contributed by atoms with E-state index in [0.29, 0.717) is 22.7 Å². The zero-order valence-electron chi connectivity index (χ0n) is 9.55. The fourth-order valence-corrected chi connectivity index (χ4v) is 1.75. The van der Waals surface area contributed by atoms with Crippen molar-refractivity contribution in [2.24, 2.45) is 0 Å². The van der Waals surface area contributed by atoms with E-state index >= 15 is 0 Å². The predicted molar refractivity (Wildman–Crippen MR) is 63.1 cm³/mol. The summed E-state index contributed by atoms with van der Waals surface area (Å²) in [7, 11) is 0. The molecule has 1 heterocycles. The van der Waals surface area contributed by atoms with Gasteiger partial charge in [0.1, 0.15) is 22.8 Å². The van der Waals surface area contributed by atoms with Crippen molar-refractivity contribution in [3.8, 4) is 0 Å². The van der Waals surface area contributed by atoms with Gasteiger partial charge >= 0.3 is 6.18 Å². The molecule has 1 aromatic heterocycles. The highest BCUT2D eigenvalue weighted by molar-refractivity contribution is 9.10. The van der Waals surface area contributed by atoms with Crippen LogP contribution >= 0.6 is 15.9 Å². The monoisotopic (exact) mass is 311 g/mol. The molecule has 0 fully saturated rings. The van der Waals surface area contributed by atoms with E-state index < -0.39 is 12.7 Å². The van der Waals surface area contributed by atoms with E-state index in [1.54, 1.807) is 6.92 Å². The highest BCUT2D eigenvalue weighted by Gasteiger charge is 2.31. The lowest BCUT2D eigenvalue weighted by molar-refractivity contribution is -0.119. The molecule has 0 unspecified atom stereocenters. The Bertz CT molecular complexity index is 382. The Morgan fingerprint density at radius 3 is 2.41 bits per heavy atom. The molecule has 0 aliphatic rings. The second-order valence-electron chi connectivity index (χ2n) is 3.45. The van der Waals surface area contributed by atoms with E-state index in [1.165, 1.54) is 11.0 Å². The molecular formula is C10H13BrF3N3. The second kappa shape index (κ2) is 5.66. The SMILES string of the molecule is CCc1nc(Br)cc(N(CC)CC(F)(F)F)n1. The lowest BCUT2D eigenvalue weighted by Gasteiger charge is -2.23. The van der Waals surface area contributed by atoms with Gasteiger partial charge in [-0.3, -0.25) is 0 Å². The molecule has 0 radical (unpaired) electrons. The molecular weight excluding hydrogens is 299 g/mol. The van der Waals surface area contributed by atoms with Gasteiger partial charge in [-0.2, -0.15) is 13.2 Å². The molecule has 7 heteroatoms. The summed E-state index contributed by atoms with van der Waals surface area (Å²) >= 11 is 3.17. The maximum Gasteiger partial charge on any atom is 0.405 e. The molecule has 0 atom stereocenters. The molecule has 0 aliphatic carbocycles. The van der Waals surface area contributed by atoms with Gasteiger partial charge in [0.15, 0.2) is 0 Å². The molecule has 96 valence electrons. The molecule has 1 rings (SSSR count). The van der Waals surface area contributed by atoms with E-state index in [2.05, 4.69) is 25.9 Å². The number of hydrogen-bond donors (Lipinski definition) is 0. The lowest BCUT2D eigenvalue weighted by atomic mass is 10.4. The quantitative estimate of drug-likeness (QED) is 0.800. The van der Waals surface area contributed by atoms with E-state index in [9.17, 15) is 13.2 Å². The Kier molecular flexibility index (Phi) is 4.73. The standard InChI is InChI=1S/C10H13BrF3N3/c1-3-8-15-7(11)5-9(16-8)17(4-2)6-10(12,13)14/h5H,3-4,6H2,1-2H3. The Hall–Kier alpha value is -0.850. The van der Waals surface area contributed by atoms with E-state index in [-0.39, 0.29) is 6.54 Å². The average Bonchev–Trinajstić information content (AvgIpc) is 2.23. The highest BCUT2D eigenvalue weighted by Crippen LogP contribution is 2.22. The summed E-state index contributed by atoms with van der Waals surface area (Å²) < 4.78 is 37.6. The molecule has 17 heavy (non-hydrogen) atoms. The van der Waals surface area contributed by atoms with Gasteiger partial charge in [-0.05, 0) is 22.9 Å². The van der Waals surface area contributed by atoms with Crippen LogP contribution in [-0.2, 0) is 6.42 Å². The fraction of sp³-hybridized carbons (Fsp3) is 0.600. The Balaban J connectivity index is 2.99. The van der Waals surface area contributed by atoms with Crippen LogP contribution in [0.15, 0.2) is 10.7 Å². The van der Waals surface area contributed by atoms with Crippen LogP contribution in [-0.4, -0.2) is 29.2 Å². The summed E-state index contributed by atoms with van der Waals surface area (Å²) in [4.78, 5) is 9.33. The minimum Gasteiger partial charge on any atom is -0.348 e. The van der Waals surface area contributed by atoms with Crippen molar-refractivity contribution in [2.45, 2.75) is 26.4 Å². The Morgan fingerprint density at radius 1 is 1.29 bits per heavy atom. The summed E-state index contributed by atoms with van der Waals surface area (Å²) in [5.74, 6) is 0.818. The van der Waals surface area contributed by atoms with Crippen LogP contribution in [0.3, 0.4) is 0 Å². The molecule has 3 nitrogen and oxygen atoms in total. The zero-order chi connectivity index (χ0) is 13.1. The summed E-state index contributed by atoms with van der Waals surface area (Å²) in [5.41, 5.74) is 0. The maximum atomic E-state index is 12.4. The van der Waals surface area contributed by atoms with Gasteiger partial charge in [0.05, 0.1) is 0 Å². The van der Waals surface area contributed by atoms with E-state index in [0.717, 1.165) is 0 Å². The summed E-state index contributed by atoms with van der Waals surface area (Å²) in [5, 5.41) is 0. The first-order valence-electron chi connectivity index (χ1n) is 5.21. The molecule has 0 aromatic carbocycles. The third-order valence-electron chi connectivity index (χ3n) is 2.12. The minimum atomic E-state index is -4.24. The van der Waals surface area contributed by atoms with Gasteiger partial charge in [-0.15, -0.1) is 0 Å². The summed E-state index contributed by atoms with van der Waals surface area (Å²) in [6, 6.07) is 1.49. The third kappa shape index (κ3) is 4.49. The van der Waals surface area contributed by atoms with Gasteiger partial charge in [0.2, 0.25) is 0 Å². The van der Waals surface area contributed by atoms with Gasteiger partial charge in [0, 0.05) is 19.0 Å². The number of aromatic nitrogens is 2. The average molecular weight is 312 g/mol. The van der Waals surface area contributed by atoms with Crippen molar-refractivity contribution in [3.05, 3.63) is 16.5 Å². The van der Waals surface area contributed by atoms with E-state index in [1.807, 2.05) is 6.92 Å². The third-order valence-corrected chi connectivity index (χ3v) is 2.53. The fourth-order valence-electron chi connectivity index (χ4n) is 1.34. The molecule has 0 aliphatic heterocycles. The molecule has 0 saturated carbocycles. The second-order valence-corrected chi connectivity index (χ2v) is 4.26. The first kappa shape index (κ1) is 14.2. The maximum absolute atomic E-state index is 12.4. The largest absolute Gasteiger partial charge is 0.405 e. The van der Waals surface area contributed by atoms with E-state index in [4.69, 9.17) is 0 Å². The van der Waals surface area contributed by atoms with Crippen LogP contribution in [0.4, 0.5) is 19.0 Å². The summed E-state index contributed by atoms with van der Waals surface area (Å²) in [6.07, 6.45) is -3.66. The van der Waals surface area contributed by atoms with Crippen molar-refractivity contribution in [2.75, 3.05) is 18.0 Å². The van der Waals surface area contributed by atoms with Crippen LogP contribution in [0.5, 0.6) is 0 Å². The number of anilines is 1. The predicted octanol–water partition coefficient (Wildman–Crippen LogP) is 3.19. The normalized spacial score (nSPS) is 11.6. The number of aryl methyl sites for hydroxylation is 1. The van der Waals surface area contributed by atoms with Crippen LogP contribution in [0, 0.1) is 0 Å². The van der Waals surface area contributed by atoms with Crippen LogP contribution in [0.1, 0.15) is 19.7 Å². The lowest BCUT2D eigenvalue weighted by Crippen LogP contribution is -2.34. The number of nitrogens with zero attached hydrogens (tertiary/aromatic N) is 3. The number of hydrogen-bond acceptors (Lipinski definition) is 3. The molecule has 0 N–H and O–H groups in total. The van der Waals surface area contributed by atoms with Crippen molar-refractivity contribution in [1.29, 1.82) is 0 Å². The molecule has 0 saturated heterocycles. The van der Waals surface area contributed by atoms with Gasteiger partial charge in [-0.1, -0.05) is 6.92 Å². The Labute approximate surface area is 106 Å². The number of alkyl halides is 3. The van der Waals surface area contributed by atoms with Crippen LogP contribution < -0.4 is 4.90 Å². The number of halogens is 4. The van der Waals surface area contributed by atoms with Gasteiger partial charge in [-0.25, -0.2) is 9.97 Å². The topological polar surface area (TPSA) is 29.0 Å². The molecule has 1 aromatic rings. The first-order chi connectivity index (χ1) is 7.85. The van der Waals surface area contributed by atoms with Crippen LogP contribution in [0.25, 0.3) is 0 Å². The van der Waals surface area contributed by atoms with Crippen molar-refractivity contribution < 1.29 is 13.2 Å². The highest BCUT2D eigenvalue weighted by atomic mass is 79.9.